The Kier molecular flexibility index (Phi) is 5.19. The highest BCUT2D eigenvalue weighted by Crippen LogP contribution is 2.43. The third-order valence-corrected chi connectivity index (χ3v) is 2.89. The quantitative estimate of drug-likeness (QED) is 0.508. The Morgan fingerprint density at radius 2 is 2.00 bits per heavy atom. The average molecular weight is 278 g/mol. The molecule has 1 N–H and O–H groups in total. The second-order valence-electron chi connectivity index (χ2n) is 5.20. The van der Waals surface area contributed by atoms with Crippen LogP contribution in [-0.2, 0) is 11.2 Å². The summed E-state index contributed by atoms with van der Waals surface area (Å²) in [6, 6.07) is 1.47. The number of benzene rings is 1. The lowest BCUT2D eigenvalue weighted by atomic mass is 9.91. The van der Waals surface area contributed by atoms with E-state index in [9.17, 15) is 9.90 Å². The van der Waals surface area contributed by atoms with Gasteiger partial charge in [-0.1, -0.05) is 26.0 Å². The van der Waals surface area contributed by atoms with Crippen molar-refractivity contribution in [3.63, 3.8) is 0 Å². The molecule has 4 heteroatoms. The van der Waals surface area contributed by atoms with Crippen LogP contribution in [0.2, 0.25) is 0 Å². The molecule has 0 unspecified atom stereocenters. The zero-order valence-corrected chi connectivity index (χ0v) is 12.7. The molecular formula is C16H22O4. The monoisotopic (exact) mass is 278 g/mol. The van der Waals surface area contributed by atoms with Gasteiger partial charge in [0.1, 0.15) is 5.75 Å². The van der Waals surface area contributed by atoms with Crippen LogP contribution < -0.4 is 9.47 Å². The molecule has 1 aromatic carbocycles. The maximum absolute atomic E-state index is 11.3. The standard InChI is InChI=1S/C16H22O4/c1-9(2)7-12-13(18)8-14(19-6)16(20-11(5)17)15(12)10(3)4/h8,10,18H,1,7H2,2-6H3. The van der Waals surface area contributed by atoms with E-state index in [4.69, 9.17) is 9.47 Å². The lowest BCUT2D eigenvalue weighted by Gasteiger charge is -2.21. The maximum Gasteiger partial charge on any atom is 0.308 e. The second-order valence-corrected chi connectivity index (χ2v) is 5.20. The minimum atomic E-state index is -0.419. The summed E-state index contributed by atoms with van der Waals surface area (Å²) in [6.07, 6.45) is 0.525. The van der Waals surface area contributed by atoms with E-state index in [-0.39, 0.29) is 11.7 Å². The van der Waals surface area contributed by atoms with Crippen LogP contribution in [0.25, 0.3) is 0 Å². The Morgan fingerprint density at radius 1 is 1.40 bits per heavy atom. The largest absolute Gasteiger partial charge is 0.508 e. The Hall–Kier alpha value is -1.97. The molecule has 0 aromatic heterocycles. The van der Waals surface area contributed by atoms with Gasteiger partial charge in [0.05, 0.1) is 7.11 Å². The SMILES string of the molecule is C=C(C)Cc1c(O)cc(OC)c(OC(C)=O)c1C(C)C. The maximum atomic E-state index is 11.3. The summed E-state index contributed by atoms with van der Waals surface area (Å²) in [6.45, 7) is 11.1. The highest BCUT2D eigenvalue weighted by Gasteiger charge is 2.23. The van der Waals surface area contributed by atoms with Gasteiger partial charge in [-0.25, -0.2) is 0 Å². The predicted molar refractivity (Wildman–Crippen MR) is 78.6 cm³/mol. The molecule has 20 heavy (non-hydrogen) atoms. The van der Waals surface area contributed by atoms with Gasteiger partial charge < -0.3 is 14.6 Å². The smallest absolute Gasteiger partial charge is 0.308 e. The summed E-state index contributed by atoms with van der Waals surface area (Å²) < 4.78 is 10.5. The van der Waals surface area contributed by atoms with Crippen molar-refractivity contribution in [2.45, 2.75) is 40.0 Å². The van der Waals surface area contributed by atoms with Crippen LogP contribution in [-0.4, -0.2) is 18.2 Å². The van der Waals surface area contributed by atoms with Gasteiger partial charge in [0, 0.05) is 24.1 Å². The summed E-state index contributed by atoms with van der Waals surface area (Å²) in [5.74, 6) is 0.511. The molecule has 0 spiro atoms. The van der Waals surface area contributed by atoms with Gasteiger partial charge in [-0.05, 0) is 19.3 Å². The van der Waals surface area contributed by atoms with Crippen molar-refractivity contribution in [3.05, 3.63) is 29.3 Å². The molecule has 0 aliphatic carbocycles. The van der Waals surface area contributed by atoms with Crippen molar-refractivity contribution in [2.24, 2.45) is 0 Å². The molecule has 1 rings (SSSR count). The number of hydrogen-bond acceptors (Lipinski definition) is 4. The zero-order valence-electron chi connectivity index (χ0n) is 12.7. The van der Waals surface area contributed by atoms with E-state index in [1.54, 1.807) is 0 Å². The Bertz CT molecular complexity index is 530. The minimum Gasteiger partial charge on any atom is -0.508 e. The van der Waals surface area contributed by atoms with E-state index in [1.807, 2.05) is 20.8 Å². The van der Waals surface area contributed by atoms with Gasteiger partial charge in [-0.15, -0.1) is 0 Å². The van der Waals surface area contributed by atoms with Crippen molar-refractivity contribution in [1.82, 2.24) is 0 Å². The Balaban J connectivity index is 3.59. The number of methoxy groups -OCH3 is 1. The van der Waals surface area contributed by atoms with E-state index in [0.717, 1.165) is 16.7 Å². The molecule has 0 fully saturated rings. The summed E-state index contributed by atoms with van der Waals surface area (Å²) in [4.78, 5) is 11.3. The Labute approximate surface area is 120 Å². The number of allylic oxidation sites excluding steroid dienone is 1. The first-order valence-electron chi connectivity index (χ1n) is 6.53. The summed E-state index contributed by atoms with van der Waals surface area (Å²) in [7, 11) is 1.48. The number of hydrogen-bond donors (Lipinski definition) is 1. The molecule has 1 aromatic rings. The zero-order chi connectivity index (χ0) is 15.4. The molecule has 0 amide bonds. The van der Waals surface area contributed by atoms with Gasteiger partial charge in [-0.3, -0.25) is 4.79 Å². The van der Waals surface area contributed by atoms with Crippen LogP contribution in [0.15, 0.2) is 18.2 Å². The first-order chi connectivity index (χ1) is 9.27. The molecule has 0 aliphatic rings. The van der Waals surface area contributed by atoms with E-state index in [1.165, 1.54) is 20.1 Å². The van der Waals surface area contributed by atoms with Gasteiger partial charge >= 0.3 is 5.97 Å². The first kappa shape index (κ1) is 16.1. The van der Waals surface area contributed by atoms with Crippen LogP contribution in [0.4, 0.5) is 0 Å². The Morgan fingerprint density at radius 3 is 2.40 bits per heavy atom. The third kappa shape index (κ3) is 3.53. The number of ether oxygens (including phenoxy) is 2. The molecule has 0 saturated carbocycles. The normalized spacial score (nSPS) is 10.5. The molecule has 110 valence electrons. The van der Waals surface area contributed by atoms with Gasteiger partial charge in [-0.2, -0.15) is 0 Å². The number of carbonyl (C=O) groups is 1. The molecule has 0 heterocycles. The number of rotatable bonds is 5. The summed E-state index contributed by atoms with van der Waals surface area (Å²) in [5, 5.41) is 10.2. The summed E-state index contributed by atoms with van der Waals surface area (Å²) in [5.41, 5.74) is 2.42. The van der Waals surface area contributed by atoms with Crippen LogP contribution >= 0.6 is 0 Å². The molecule has 0 radical (unpaired) electrons. The highest BCUT2D eigenvalue weighted by molar-refractivity contribution is 5.72. The van der Waals surface area contributed by atoms with E-state index >= 15 is 0 Å². The average Bonchev–Trinajstić information content (AvgIpc) is 2.31. The van der Waals surface area contributed by atoms with Gasteiger partial charge in [0.2, 0.25) is 0 Å². The molecule has 0 bridgehead atoms. The van der Waals surface area contributed by atoms with E-state index < -0.39 is 5.97 Å². The van der Waals surface area contributed by atoms with Crippen LogP contribution in [0.5, 0.6) is 17.2 Å². The fraction of sp³-hybridized carbons (Fsp3) is 0.438. The van der Waals surface area contributed by atoms with E-state index in [0.29, 0.717) is 17.9 Å². The number of phenols is 1. The van der Waals surface area contributed by atoms with Crippen molar-refractivity contribution in [2.75, 3.05) is 7.11 Å². The lowest BCUT2D eigenvalue weighted by molar-refractivity contribution is -0.132. The number of phenolic OH excluding ortho intramolecular Hbond substituents is 1. The van der Waals surface area contributed by atoms with Crippen LogP contribution in [0.1, 0.15) is 44.7 Å². The van der Waals surface area contributed by atoms with Crippen molar-refractivity contribution < 1.29 is 19.4 Å². The lowest BCUT2D eigenvalue weighted by Crippen LogP contribution is -2.09. The molecule has 0 saturated heterocycles. The minimum absolute atomic E-state index is 0.0692. The molecular weight excluding hydrogens is 256 g/mol. The third-order valence-electron chi connectivity index (χ3n) is 2.89. The van der Waals surface area contributed by atoms with Crippen molar-refractivity contribution in [3.8, 4) is 17.2 Å². The van der Waals surface area contributed by atoms with Gasteiger partial charge in [0.25, 0.3) is 0 Å². The number of esters is 1. The van der Waals surface area contributed by atoms with Crippen molar-refractivity contribution >= 4 is 5.97 Å². The van der Waals surface area contributed by atoms with Gasteiger partial charge in [0.15, 0.2) is 11.5 Å². The first-order valence-corrected chi connectivity index (χ1v) is 6.53. The highest BCUT2D eigenvalue weighted by atomic mass is 16.6. The molecule has 0 atom stereocenters. The fourth-order valence-corrected chi connectivity index (χ4v) is 2.18. The summed E-state index contributed by atoms with van der Waals surface area (Å²) >= 11 is 0. The fourth-order valence-electron chi connectivity index (χ4n) is 2.18. The van der Waals surface area contributed by atoms with Crippen LogP contribution in [0, 0.1) is 0 Å². The number of aromatic hydroxyl groups is 1. The predicted octanol–water partition coefficient (Wildman–Crippen LogP) is 3.57. The van der Waals surface area contributed by atoms with E-state index in [2.05, 4.69) is 6.58 Å². The number of carbonyl (C=O) groups excluding carboxylic acids is 1. The second kappa shape index (κ2) is 6.46. The molecule has 0 aliphatic heterocycles. The van der Waals surface area contributed by atoms with Crippen LogP contribution in [0.3, 0.4) is 0 Å². The van der Waals surface area contributed by atoms with Crippen molar-refractivity contribution in [1.29, 1.82) is 0 Å². The topological polar surface area (TPSA) is 55.8 Å². The molecule has 4 nitrogen and oxygen atoms in total.